The molecule has 0 bridgehead atoms. The Morgan fingerprint density at radius 2 is 2.22 bits per heavy atom. The number of benzene rings is 1. The third-order valence-electron chi connectivity index (χ3n) is 2.88. The van der Waals surface area contributed by atoms with Crippen molar-refractivity contribution in [1.29, 1.82) is 0 Å². The van der Waals surface area contributed by atoms with Crippen LogP contribution in [0.1, 0.15) is 17.3 Å². The van der Waals surface area contributed by atoms with Gasteiger partial charge in [-0.3, -0.25) is 4.79 Å². The van der Waals surface area contributed by atoms with Crippen LogP contribution in [0, 0.1) is 5.82 Å². The Balaban J connectivity index is 3.00. The van der Waals surface area contributed by atoms with Crippen molar-refractivity contribution in [2.75, 3.05) is 33.1 Å². The molecule has 0 aliphatic rings. The van der Waals surface area contributed by atoms with Crippen molar-refractivity contribution in [3.8, 4) is 0 Å². The molecule has 1 aromatic rings. The summed E-state index contributed by atoms with van der Waals surface area (Å²) in [6, 6.07) is 4.38. The summed E-state index contributed by atoms with van der Waals surface area (Å²) in [7, 11) is 4.85. The lowest BCUT2D eigenvalue weighted by Crippen LogP contribution is -2.38. The molecule has 0 fully saturated rings. The molecule has 18 heavy (non-hydrogen) atoms. The molecular formula is C13H19FN2O2. The van der Waals surface area contributed by atoms with E-state index in [0.29, 0.717) is 12.2 Å². The van der Waals surface area contributed by atoms with E-state index >= 15 is 0 Å². The van der Waals surface area contributed by atoms with E-state index in [1.807, 2.05) is 6.92 Å². The Labute approximate surface area is 107 Å². The van der Waals surface area contributed by atoms with Crippen LogP contribution in [0.3, 0.4) is 0 Å². The number of carbonyl (C=O) groups is 1. The van der Waals surface area contributed by atoms with Crippen LogP contribution in [0.5, 0.6) is 0 Å². The number of methoxy groups -OCH3 is 1. The molecule has 1 aromatic carbocycles. The van der Waals surface area contributed by atoms with Gasteiger partial charge in [0.1, 0.15) is 5.82 Å². The van der Waals surface area contributed by atoms with E-state index in [4.69, 9.17) is 4.74 Å². The molecule has 1 unspecified atom stereocenters. The fourth-order valence-electron chi connectivity index (χ4n) is 1.70. The third-order valence-corrected chi connectivity index (χ3v) is 2.88. The van der Waals surface area contributed by atoms with Crippen LogP contribution in [-0.4, -0.2) is 44.7 Å². The van der Waals surface area contributed by atoms with E-state index in [2.05, 4.69) is 5.32 Å². The van der Waals surface area contributed by atoms with Crippen LogP contribution in [0.4, 0.5) is 10.1 Å². The van der Waals surface area contributed by atoms with Crippen LogP contribution < -0.4 is 5.32 Å². The summed E-state index contributed by atoms with van der Waals surface area (Å²) in [6.07, 6.45) is 0. The first-order valence-electron chi connectivity index (χ1n) is 5.75. The Kier molecular flexibility index (Phi) is 5.09. The highest BCUT2D eigenvalue weighted by Crippen LogP contribution is 2.21. The van der Waals surface area contributed by atoms with Crippen molar-refractivity contribution < 1.29 is 13.9 Å². The molecule has 0 aromatic heterocycles. The largest absolute Gasteiger partial charge is 0.385 e. The molecule has 1 amide bonds. The number of hydrogen-bond donors (Lipinski definition) is 1. The van der Waals surface area contributed by atoms with Crippen molar-refractivity contribution in [3.05, 3.63) is 29.6 Å². The van der Waals surface area contributed by atoms with Crippen LogP contribution in [0.15, 0.2) is 18.2 Å². The van der Waals surface area contributed by atoms with Crippen LogP contribution in [-0.2, 0) is 4.74 Å². The number of para-hydroxylation sites is 1. The quantitative estimate of drug-likeness (QED) is 0.873. The molecule has 0 saturated carbocycles. The second kappa shape index (κ2) is 6.35. The molecular weight excluding hydrogens is 235 g/mol. The van der Waals surface area contributed by atoms with Gasteiger partial charge < -0.3 is 15.0 Å². The smallest absolute Gasteiger partial charge is 0.256 e. The van der Waals surface area contributed by atoms with Gasteiger partial charge in [-0.25, -0.2) is 4.39 Å². The summed E-state index contributed by atoms with van der Waals surface area (Å²) in [6.45, 7) is 2.31. The highest BCUT2D eigenvalue weighted by atomic mass is 19.1. The molecule has 5 heteroatoms. The lowest BCUT2D eigenvalue weighted by Gasteiger charge is -2.25. The molecule has 0 heterocycles. The van der Waals surface area contributed by atoms with Crippen molar-refractivity contribution in [2.45, 2.75) is 13.0 Å². The van der Waals surface area contributed by atoms with Gasteiger partial charge in [-0.1, -0.05) is 6.07 Å². The maximum atomic E-state index is 13.6. The fourth-order valence-corrected chi connectivity index (χ4v) is 1.70. The van der Waals surface area contributed by atoms with Gasteiger partial charge in [0.2, 0.25) is 0 Å². The Morgan fingerprint density at radius 3 is 2.78 bits per heavy atom. The van der Waals surface area contributed by atoms with E-state index in [9.17, 15) is 9.18 Å². The highest BCUT2D eigenvalue weighted by Gasteiger charge is 2.21. The monoisotopic (exact) mass is 254 g/mol. The molecule has 0 aliphatic carbocycles. The Morgan fingerprint density at radius 1 is 1.56 bits per heavy atom. The number of ether oxygens (including phenoxy) is 1. The van der Waals surface area contributed by atoms with Gasteiger partial charge in [0.25, 0.3) is 5.91 Å². The number of nitrogens with zero attached hydrogens (tertiary/aromatic N) is 1. The maximum Gasteiger partial charge on any atom is 0.256 e. The lowest BCUT2D eigenvalue weighted by molar-refractivity contribution is 0.0634. The van der Waals surface area contributed by atoms with E-state index < -0.39 is 5.82 Å². The van der Waals surface area contributed by atoms with Crippen molar-refractivity contribution in [3.63, 3.8) is 0 Å². The number of halogens is 1. The number of likely N-dealkylation sites (N-methyl/N-ethyl adjacent to an activating group) is 1. The predicted molar refractivity (Wildman–Crippen MR) is 69.4 cm³/mol. The minimum atomic E-state index is -0.434. The molecule has 0 spiro atoms. The minimum absolute atomic E-state index is 0.0736. The van der Waals surface area contributed by atoms with Crippen LogP contribution in [0.25, 0.3) is 0 Å². The number of carbonyl (C=O) groups excluding carboxylic acids is 1. The SMILES string of the molecule is CNc1c(F)cccc1C(=O)N(C)C(C)COC. The second-order valence-corrected chi connectivity index (χ2v) is 4.13. The lowest BCUT2D eigenvalue weighted by atomic mass is 10.1. The zero-order valence-electron chi connectivity index (χ0n) is 11.2. The Bertz CT molecular complexity index is 423. The predicted octanol–water partition coefficient (Wildman–Crippen LogP) is 1.97. The van der Waals surface area contributed by atoms with Crippen molar-refractivity contribution in [2.24, 2.45) is 0 Å². The molecule has 0 radical (unpaired) electrons. The zero-order valence-corrected chi connectivity index (χ0v) is 11.2. The fraction of sp³-hybridized carbons (Fsp3) is 0.462. The van der Waals surface area contributed by atoms with Gasteiger partial charge >= 0.3 is 0 Å². The van der Waals surface area contributed by atoms with Gasteiger partial charge in [-0.2, -0.15) is 0 Å². The summed E-state index contributed by atoms with van der Waals surface area (Å²) < 4.78 is 18.6. The van der Waals surface area contributed by atoms with Crippen molar-refractivity contribution >= 4 is 11.6 Å². The van der Waals surface area contributed by atoms with E-state index in [1.165, 1.54) is 12.1 Å². The summed E-state index contributed by atoms with van der Waals surface area (Å²) in [5, 5.41) is 2.72. The number of anilines is 1. The van der Waals surface area contributed by atoms with Crippen LogP contribution >= 0.6 is 0 Å². The van der Waals surface area contributed by atoms with Gasteiger partial charge in [0.05, 0.1) is 23.9 Å². The average molecular weight is 254 g/mol. The number of rotatable bonds is 5. The minimum Gasteiger partial charge on any atom is -0.385 e. The van der Waals surface area contributed by atoms with Crippen molar-refractivity contribution in [1.82, 2.24) is 4.90 Å². The first-order valence-corrected chi connectivity index (χ1v) is 5.75. The van der Waals surface area contributed by atoms with Gasteiger partial charge in [-0.15, -0.1) is 0 Å². The first-order chi connectivity index (χ1) is 8.52. The number of amides is 1. The topological polar surface area (TPSA) is 41.6 Å². The second-order valence-electron chi connectivity index (χ2n) is 4.13. The number of hydrogen-bond acceptors (Lipinski definition) is 3. The standard InChI is InChI=1S/C13H19FN2O2/c1-9(8-18-4)16(3)13(17)10-6-5-7-11(14)12(10)15-2/h5-7,9,15H,8H2,1-4H3. The third kappa shape index (κ3) is 2.98. The van der Waals surface area contributed by atoms with E-state index in [-0.39, 0.29) is 17.6 Å². The average Bonchev–Trinajstić information content (AvgIpc) is 2.37. The zero-order chi connectivity index (χ0) is 13.7. The van der Waals surface area contributed by atoms with Gasteiger partial charge in [-0.05, 0) is 19.1 Å². The molecule has 4 nitrogen and oxygen atoms in total. The molecule has 0 aliphatic heterocycles. The molecule has 100 valence electrons. The maximum absolute atomic E-state index is 13.6. The summed E-state index contributed by atoms with van der Waals surface area (Å²) in [5.41, 5.74) is 0.543. The molecule has 1 atom stereocenters. The van der Waals surface area contributed by atoms with E-state index in [1.54, 1.807) is 32.2 Å². The van der Waals surface area contributed by atoms with Gasteiger partial charge in [0.15, 0.2) is 0 Å². The summed E-state index contributed by atoms with van der Waals surface area (Å²) in [4.78, 5) is 13.8. The number of nitrogens with one attached hydrogen (secondary N) is 1. The molecule has 0 saturated heterocycles. The summed E-state index contributed by atoms with van der Waals surface area (Å²) in [5.74, 6) is -0.667. The normalized spacial score (nSPS) is 12.1. The molecule has 1 N–H and O–H groups in total. The van der Waals surface area contributed by atoms with E-state index in [0.717, 1.165) is 0 Å². The Hall–Kier alpha value is -1.62. The summed E-state index contributed by atoms with van der Waals surface area (Å²) >= 11 is 0. The molecule has 1 rings (SSSR count). The first kappa shape index (κ1) is 14.4. The van der Waals surface area contributed by atoms with Crippen LogP contribution in [0.2, 0.25) is 0 Å². The van der Waals surface area contributed by atoms with Gasteiger partial charge in [0, 0.05) is 21.2 Å². The highest BCUT2D eigenvalue weighted by molar-refractivity contribution is 5.99.